The van der Waals surface area contributed by atoms with Gasteiger partial charge in [0.2, 0.25) is 10.9 Å². The SMILES string of the molecule is O=[P+](OC(CCCc1cccc(Oc2ccccc2Cc2ccccc2)c1)S(=O)(=O)O)OC(CCCc1cccc(Oc2ccccc2Cc2ccccc2)c1)S(=O)(=O)O. The van der Waals surface area contributed by atoms with E-state index in [0.717, 1.165) is 33.4 Å². The molecule has 11 nitrogen and oxygen atoms in total. The van der Waals surface area contributed by atoms with Crippen LogP contribution in [0.5, 0.6) is 23.0 Å². The first kappa shape index (κ1) is 44.3. The molecule has 14 heteroatoms. The zero-order chi connectivity index (χ0) is 42.4. The Morgan fingerprint density at radius 1 is 0.467 bits per heavy atom. The lowest BCUT2D eigenvalue weighted by Crippen LogP contribution is -2.25. The monoisotopic (exact) mass is 869 g/mol. The van der Waals surface area contributed by atoms with Crippen molar-refractivity contribution in [2.75, 3.05) is 0 Å². The molecule has 0 heterocycles. The number of ether oxygens (including phenoxy) is 2. The van der Waals surface area contributed by atoms with E-state index in [4.69, 9.17) is 18.5 Å². The molecular formula is C46H46O11PS2+. The highest BCUT2D eigenvalue weighted by Crippen LogP contribution is 2.35. The zero-order valence-electron chi connectivity index (χ0n) is 32.7. The number of rotatable bonds is 22. The predicted octanol–water partition coefficient (Wildman–Crippen LogP) is 10.9. The molecule has 6 aromatic carbocycles. The molecule has 0 aliphatic carbocycles. The minimum Gasteiger partial charge on any atom is -0.457 e. The van der Waals surface area contributed by atoms with E-state index in [1.807, 2.05) is 133 Å². The Morgan fingerprint density at radius 2 is 0.833 bits per heavy atom. The molecule has 0 saturated heterocycles. The highest BCUT2D eigenvalue weighted by Gasteiger charge is 2.41. The van der Waals surface area contributed by atoms with Crippen molar-refractivity contribution in [2.45, 2.75) is 62.2 Å². The third kappa shape index (κ3) is 13.9. The van der Waals surface area contributed by atoms with Gasteiger partial charge in [0.15, 0.2) is 0 Å². The first-order chi connectivity index (χ1) is 28.9. The number of hydrogen-bond donors (Lipinski definition) is 2. The van der Waals surface area contributed by atoms with Gasteiger partial charge in [-0.15, -0.1) is 0 Å². The van der Waals surface area contributed by atoms with Crippen molar-refractivity contribution in [3.63, 3.8) is 0 Å². The van der Waals surface area contributed by atoms with Gasteiger partial charge in [-0.25, -0.2) is 0 Å². The van der Waals surface area contributed by atoms with Gasteiger partial charge in [0.25, 0.3) is 20.2 Å². The van der Waals surface area contributed by atoms with Crippen LogP contribution in [0.25, 0.3) is 0 Å². The van der Waals surface area contributed by atoms with Crippen LogP contribution < -0.4 is 9.47 Å². The lowest BCUT2D eigenvalue weighted by Gasteiger charge is -2.13. The summed E-state index contributed by atoms with van der Waals surface area (Å²) in [7, 11) is -13.2. The van der Waals surface area contributed by atoms with Crippen LogP contribution in [0.4, 0.5) is 0 Å². The summed E-state index contributed by atoms with van der Waals surface area (Å²) in [5.41, 5.74) is 1.93. The van der Waals surface area contributed by atoms with Crippen LogP contribution >= 0.6 is 8.25 Å². The maximum Gasteiger partial charge on any atom is 0.700 e. The lowest BCUT2D eigenvalue weighted by molar-refractivity contribution is 0.170. The van der Waals surface area contributed by atoms with Gasteiger partial charge in [0.05, 0.1) is 0 Å². The summed E-state index contributed by atoms with van der Waals surface area (Å²) in [6.45, 7) is 0. The maximum atomic E-state index is 12.9. The average molecular weight is 870 g/mol. The Balaban J connectivity index is 1.00. The van der Waals surface area contributed by atoms with Crippen molar-refractivity contribution in [1.82, 2.24) is 0 Å². The van der Waals surface area contributed by atoms with E-state index >= 15 is 0 Å². The molecule has 0 bridgehead atoms. The van der Waals surface area contributed by atoms with Gasteiger partial charge in [0, 0.05) is 17.4 Å². The van der Waals surface area contributed by atoms with E-state index in [0.29, 0.717) is 48.7 Å². The standard InChI is InChI=1S/C46H45O11PS2/c47-58(56-45(59(48,49)50)29-13-21-37-19-11-25-41(33-37)54-43-27-9-7-23-39(43)31-35-15-3-1-4-16-35)57-46(60(51,52)53)30-14-22-38-20-12-26-42(34-38)55-44-28-10-8-24-40(44)32-36-17-5-2-6-18-36/h1-12,15-20,23-28,33-34,45-46H,13-14,21-22,29-32H2,(H-,48,49,50,51,52,53)/p+1. The van der Waals surface area contributed by atoms with Crippen LogP contribution in [0.3, 0.4) is 0 Å². The molecule has 0 amide bonds. The number of para-hydroxylation sites is 2. The Morgan fingerprint density at radius 3 is 1.23 bits per heavy atom. The van der Waals surface area contributed by atoms with Gasteiger partial charge in [-0.2, -0.15) is 16.8 Å². The first-order valence-corrected chi connectivity index (χ1v) is 23.5. The van der Waals surface area contributed by atoms with Gasteiger partial charge >= 0.3 is 8.25 Å². The third-order valence-corrected chi connectivity index (χ3v) is 12.7. The minimum absolute atomic E-state index is 0.171. The summed E-state index contributed by atoms with van der Waals surface area (Å²) in [5, 5.41) is 0. The van der Waals surface area contributed by atoms with Gasteiger partial charge in [-0.1, -0.05) is 130 Å². The maximum absolute atomic E-state index is 12.9. The molecule has 2 N–H and O–H groups in total. The number of aryl methyl sites for hydroxylation is 2. The second kappa shape index (κ2) is 21.3. The van der Waals surface area contributed by atoms with Crippen molar-refractivity contribution in [1.29, 1.82) is 0 Å². The van der Waals surface area contributed by atoms with E-state index in [2.05, 4.69) is 0 Å². The summed E-state index contributed by atoms with van der Waals surface area (Å²) in [5.74, 6) is 2.54. The van der Waals surface area contributed by atoms with E-state index in [1.165, 1.54) is 0 Å². The summed E-state index contributed by atoms with van der Waals surface area (Å²) < 4.78 is 104. The molecule has 0 radical (unpaired) electrons. The highest BCUT2D eigenvalue weighted by atomic mass is 32.2. The van der Waals surface area contributed by atoms with Crippen LogP contribution in [0, 0.1) is 0 Å². The molecule has 2 atom stereocenters. The fourth-order valence-corrected chi connectivity index (χ4v) is 9.45. The molecule has 0 spiro atoms. The largest absolute Gasteiger partial charge is 0.700 e. The van der Waals surface area contributed by atoms with Crippen molar-refractivity contribution in [2.24, 2.45) is 0 Å². The van der Waals surface area contributed by atoms with Crippen LogP contribution in [-0.4, -0.2) is 36.8 Å². The summed E-state index contributed by atoms with van der Waals surface area (Å²) >= 11 is 0. The average Bonchev–Trinajstić information content (AvgIpc) is 3.22. The highest BCUT2D eigenvalue weighted by molar-refractivity contribution is 7.86. The normalized spacial score (nSPS) is 13.0. The molecule has 0 aliphatic rings. The van der Waals surface area contributed by atoms with E-state index in [9.17, 15) is 30.5 Å². The molecular weight excluding hydrogens is 824 g/mol. The molecule has 6 aromatic rings. The fourth-order valence-electron chi connectivity index (χ4n) is 6.59. The fraction of sp³-hybridized carbons (Fsp3) is 0.217. The summed E-state index contributed by atoms with van der Waals surface area (Å²) in [6.07, 6.45) is 1.81. The minimum atomic E-state index is -4.90. The van der Waals surface area contributed by atoms with E-state index in [-0.39, 0.29) is 25.7 Å². The smallest absolute Gasteiger partial charge is 0.457 e. The molecule has 0 aromatic heterocycles. The quantitative estimate of drug-likeness (QED) is 0.0493. The summed E-state index contributed by atoms with van der Waals surface area (Å²) in [4.78, 5) is 0. The second-order valence-corrected chi connectivity index (χ2v) is 18.1. The van der Waals surface area contributed by atoms with Crippen LogP contribution in [0.2, 0.25) is 0 Å². The van der Waals surface area contributed by atoms with Crippen molar-refractivity contribution in [3.05, 3.63) is 191 Å². The van der Waals surface area contributed by atoms with Crippen molar-refractivity contribution in [3.8, 4) is 23.0 Å². The van der Waals surface area contributed by atoms with Crippen LogP contribution in [-0.2, 0) is 59.5 Å². The Kier molecular flexibility index (Phi) is 15.8. The summed E-state index contributed by atoms with van der Waals surface area (Å²) in [6, 6.07) is 50.0. The molecule has 60 heavy (non-hydrogen) atoms. The van der Waals surface area contributed by atoms with Crippen molar-refractivity contribution >= 4 is 28.5 Å². The number of hydrogen-bond acceptors (Lipinski definition) is 9. The number of benzene rings is 6. The van der Waals surface area contributed by atoms with Gasteiger partial charge in [-0.05, 0) is 108 Å². The Bertz CT molecular complexity index is 2380. The molecule has 0 saturated carbocycles. The molecule has 0 aliphatic heterocycles. The molecule has 312 valence electrons. The molecule has 0 fully saturated rings. The predicted molar refractivity (Wildman–Crippen MR) is 231 cm³/mol. The molecule has 6 rings (SSSR count). The van der Waals surface area contributed by atoms with Crippen LogP contribution in [0.1, 0.15) is 59.1 Å². The van der Waals surface area contributed by atoms with Gasteiger partial charge in [0.1, 0.15) is 23.0 Å². The topological polar surface area (TPSA) is 163 Å². The second-order valence-electron chi connectivity index (χ2n) is 14.1. The Hall–Kier alpha value is -5.24. The van der Waals surface area contributed by atoms with Gasteiger partial charge < -0.3 is 9.47 Å². The lowest BCUT2D eigenvalue weighted by atomic mass is 10.0. The van der Waals surface area contributed by atoms with E-state index in [1.54, 1.807) is 24.3 Å². The van der Waals surface area contributed by atoms with Crippen LogP contribution in [0.15, 0.2) is 158 Å². The Labute approximate surface area is 352 Å². The van der Waals surface area contributed by atoms with Crippen molar-refractivity contribution < 1.29 is 49.0 Å². The third-order valence-electron chi connectivity index (χ3n) is 9.55. The first-order valence-electron chi connectivity index (χ1n) is 19.4. The zero-order valence-corrected chi connectivity index (χ0v) is 35.2. The van der Waals surface area contributed by atoms with Gasteiger partial charge in [-0.3, -0.25) is 9.11 Å². The molecule has 2 unspecified atom stereocenters. The van der Waals surface area contributed by atoms with E-state index < -0.39 is 39.4 Å².